The zero-order chi connectivity index (χ0) is 20.0. The quantitative estimate of drug-likeness (QED) is 0.775. The van der Waals surface area contributed by atoms with Crippen molar-refractivity contribution in [3.8, 4) is 11.5 Å². The number of Topliss-reactive ketones (excluding diaryl/α,β-unsaturated/α-hetero) is 1. The molecule has 0 radical (unpaired) electrons. The lowest BCUT2D eigenvalue weighted by Gasteiger charge is -2.20. The molecule has 27 heavy (non-hydrogen) atoms. The number of nitrogens with one attached hydrogen (secondary N) is 1. The van der Waals surface area contributed by atoms with Crippen molar-refractivity contribution in [2.24, 2.45) is 0 Å². The van der Waals surface area contributed by atoms with Gasteiger partial charge < -0.3 is 14.2 Å². The van der Waals surface area contributed by atoms with Crippen LogP contribution >= 0.6 is 0 Å². The van der Waals surface area contributed by atoms with E-state index in [1.54, 1.807) is 45.0 Å². The van der Waals surface area contributed by atoms with Crippen LogP contribution in [0.15, 0.2) is 36.7 Å². The molecule has 1 amide bonds. The molecule has 0 saturated carbocycles. The summed E-state index contributed by atoms with van der Waals surface area (Å²) in [5, 5.41) is 2.69. The fourth-order valence-corrected chi connectivity index (χ4v) is 2.32. The zero-order valence-electron chi connectivity index (χ0n) is 16.2. The maximum absolute atomic E-state index is 12.6. The number of carbonyl (C=O) groups is 2. The van der Waals surface area contributed by atoms with Crippen molar-refractivity contribution in [2.45, 2.75) is 32.8 Å². The average molecular weight is 372 g/mol. The first-order valence-corrected chi connectivity index (χ1v) is 8.41. The number of hydrogen-bond donors (Lipinski definition) is 1. The first-order chi connectivity index (χ1) is 12.7. The van der Waals surface area contributed by atoms with Gasteiger partial charge in [-0.1, -0.05) is 6.07 Å². The first-order valence-electron chi connectivity index (χ1n) is 8.41. The minimum atomic E-state index is -0.634. The molecule has 0 bridgehead atoms. The largest absolute Gasteiger partial charge is 0.497 e. The number of pyridine rings is 1. The van der Waals surface area contributed by atoms with Gasteiger partial charge in [0.1, 0.15) is 17.1 Å². The number of ketones is 1. The Bertz CT molecular complexity index is 827. The number of carbonyl (C=O) groups excluding carboxylic acids is 2. The summed E-state index contributed by atoms with van der Waals surface area (Å²) >= 11 is 0. The normalized spacial score (nSPS) is 10.9. The number of ether oxygens (including phenoxy) is 3. The van der Waals surface area contributed by atoms with Gasteiger partial charge in [0.25, 0.3) is 0 Å². The Morgan fingerprint density at radius 2 is 1.74 bits per heavy atom. The van der Waals surface area contributed by atoms with Gasteiger partial charge in [-0.3, -0.25) is 15.1 Å². The maximum atomic E-state index is 12.6. The monoisotopic (exact) mass is 372 g/mol. The fraction of sp³-hybridized carbons (Fsp3) is 0.350. The van der Waals surface area contributed by atoms with Crippen LogP contribution in [0.5, 0.6) is 11.5 Å². The zero-order valence-corrected chi connectivity index (χ0v) is 16.2. The highest BCUT2D eigenvalue weighted by atomic mass is 16.6. The van der Waals surface area contributed by atoms with Gasteiger partial charge in [-0.15, -0.1) is 0 Å². The molecular weight excluding hydrogens is 348 g/mol. The Kier molecular flexibility index (Phi) is 6.39. The molecule has 0 saturated heterocycles. The number of methoxy groups -OCH3 is 2. The van der Waals surface area contributed by atoms with Gasteiger partial charge in [0.2, 0.25) is 0 Å². The van der Waals surface area contributed by atoms with Crippen LogP contribution in [0.2, 0.25) is 0 Å². The molecule has 0 aliphatic rings. The molecule has 0 aliphatic carbocycles. The Morgan fingerprint density at radius 3 is 2.37 bits per heavy atom. The molecule has 0 aliphatic heterocycles. The molecule has 1 aromatic heterocycles. The summed E-state index contributed by atoms with van der Waals surface area (Å²) in [6, 6.07) is 6.74. The Morgan fingerprint density at radius 1 is 1.04 bits per heavy atom. The average Bonchev–Trinajstić information content (AvgIpc) is 2.61. The predicted molar refractivity (Wildman–Crippen MR) is 102 cm³/mol. The van der Waals surface area contributed by atoms with Gasteiger partial charge >= 0.3 is 6.09 Å². The lowest BCUT2D eigenvalue weighted by atomic mass is 10.0. The predicted octanol–water partition coefficient (Wildman–Crippen LogP) is 3.87. The standard InChI is InChI=1S/C20H24N2O5/c1-20(2,3)27-19(24)22-17-10-15(25-4)7-6-13(17)9-18(23)14-8-16(26-5)12-21-11-14/h6-8,10-12H,9H2,1-5H3,(H,22,24). The third kappa shape index (κ3) is 5.99. The van der Waals surface area contributed by atoms with E-state index in [1.165, 1.54) is 26.6 Å². The molecule has 7 nitrogen and oxygen atoms in total. The molecule has 0 atom stereocenters. The van der Waals surface area contributed by atoms with Crippen LogP contribution in [0, 0.1) is 0 Å². The fourth-order valence-electron chi connectivity index (χ4n) is 2.32. The number of rotatable bonds is 6. The molecule has 7 heteroatoms. The van der Waals surface area contributed by atoms with E-state index >= 15 is 0 Å². The highest BCUT2D eigenvalue weighted by Gasteiger charge is 2.19. The van der Waals surface area contributed by atoms with Crippen molar-refractivity contribution >= 4 is 17.6 Å². The van der Waals surface area contributed by atoms with Crippen molar-refractivity contribution < 1.29 is 23.8 Å². The smallest absolute Gasteiger partial charge is 0.412 e. The van der Waals surface area contributed by atoms with Gasteiger partial charge in [0.15, 0.2) is 5.78 Å². The van der Waals surface area contributed by atoms with E-state index in [9.17, 15) is 9.59 Å². The number of nitrogens with zero attached hydrogens (tertiary/aromatic N) is 1. The molecule has 0 spiro atoms. The van der Waals surface area contributed by atoms with Gasteiger partial charge in [-0.05, 0) is 38.5 Å². The third-order valence-electron chi connectivity index (χ3n) is 3.57. The minimum Gasteiger partial charge on any atom is -0.497 e. The van der Waals surface area contributed by atoms with Crippen LogP contribution in [-0.2, 0) is 11.2 Å². The van der Waals surface area contributed by atoms with E-state index in [2.05, 4.69) is 10.3 Å². The van der Waals surface area contributed by atoms with Crippen molar-refractivity contribution in [1.29, 1.82) is 0 Å². The van der Waals surface area contributed by atoms with Crippen molar-refractivity contribution in [1.82, 2.24) is 4.98 Å². The Balaban J connectivity index is 2.24. The SMILES string of the molecule is COc1cncc(C(=O)Cc2ccc(OC)cc2NC(=O)OC(C)(C)C)c1. The third-order valence-corrected chi connectivity index (χ3v) is 3.57. The van der Waals surface area contributed by atoms with E-state index in [4.69, 9.17) is 14.2 Å². The summed E-state index contributed by atoms with van der Waals surface area (Å²) in [7, 11) is 3.04. The van der Waals surface area contributed by atoms with Crippen LogP contribution in [0.4, 0.5) is 10.5 Å². The number of aromatic nitrogens is 1. The van der Waals surface area contributed by atoms with Gasteiger partial charge in [0, 0.05) is 24.2 Å². The van der Waals surface area contributed by atoms with Gasteiger partial charge in [-0.2, -0.15) is 0 Å². The number of anilines is 1. The van der Waals surface area contributed by atoms with E-state index in [0.29, 0.717) is 28.3 Å². The van der Waals surface area contributed by atoms with Gasteiger partial charge in [-0.25, -0.2) is 4.79 Å². The molecular formula is C20H24N2O5. The molecule has 1 aromatic carbocycles. The van der Waals surface area contributed by atoms with Crippen LogP contribution in [0.1, 0.15) is 36.7 Å². The summed E-state index contributed by atoms with van der Waals surface area (Å²) in [6.45, 7) is 5.33. The number of amides is 1. The van der Waals surface area contributed by atoms with Crippen molar-refractivity contribution in [2.75, 3.05) is 19.5 Å². The van der Waals surface area contributed by atoms with Crippen LogP contribution < -0.4 is 14.8 Å². The first kappa shape index (κ1) is 20.2. The lowest BCUT2D eigenvalue weighted by Crippen LogP contribution is -2.27. The Hall–Kier alpha value is -3.09. The summed E-state index contributed by atoms with van der Waals surface area (Å²) in [5.74, 6) is 0.904. The molecule has 1 N–H and O–H groups in total. The summed E-state index contributed by atoms with van der Waals surface area (Å²) in [4.78, 5) is 28.8. The van der Waals surface area contributed by atoms with E-state index < -0.39 is 11.7 Å². The number of hydrogen-bond acceptors (Lipinski definition) is 6. The van der Waals surface area contributed by atoms with Crippen molar-refractivity contribution in [3.05, 3.63) is 47.8 Å². The summed E-state index contributed by atoms with van der Waals surface area (Å²) in [5.41, 5.74) is 0.876. The second-order valence-corrected chi connectivity index (χ2v) is 6.86. The van der Waals surface area contributed by atoms with Crippen LogP contribution in [-0.4, -0.2) is 36.7 Å². The molecule has 0 fully saturated rings. The van der Waals surface area contributed by atoms with E-state index in [0.717, 1.165) is 0 Å². The second-order valence-electron chi connectivity index (χ2n) is 6.86. The molecule has 144 valence electrons. The summed E-state index contributed by atoms with van der Waals surface area (Å²) in [6.07, 6.45) is 2.48. The molecule has 0 unspecified atom stereocenters. The second kappa shape index (κ2) is 8.53. The van der Waals surface area contributed by atoms with Gasteiger partial charge in [0.05, 0.1) is 26.1 Å². The highest BCUT2D eigenvalue weighted by Crippen LogP contribution is 2.25. The van der Waals surface area contributed by atoms with Crippen LogP contribution in [0.25, 0.3) is 0 Å². The van der Waals surface area contributed by atoms with E-state index in [1.807, 2.05) is 0 Å². The van der Waals surface area contributed by atoms with Crippen molar-refractivity contribution in [3.63, 3.8) is 0 Å². The Labute approximate surface area is 158 Å². The minimum absolute atomic E-state index is 0.0734. The molecule has 1 heterocycles. The summed E-state index contributed by atoms with van der Waals surface area (Å²) < 4.78 is 15.6. The topological polar surface area (TPSA) is 86.8 Å². The highest BCUT2D eigenvalue weighted by molar-refractivity contribution is 5.99. The van der Waals surface area contributed by atoms with Crippen LogP contribution in [0.3, 0.4) is 0 Å². The van der Waals surface area contributed by atoms with E-state index in [-0.39, 0.29) is 12.2 Å². The maximum Gasteiger partial charge on any atom is 0.412 e. The molecule has 2 aromatic rings. The lowest BCUT2D eigenvalue weighted by molar-refractivity contribution is 0.0635. The molecule has 2 rings (SSSR count). The number of benzene rings is 1.